The van der Waals surface area contributed by atoms with Gasteiger partial charge in [-0.3, -0.25) is 4.31 Å². The normalized spacial score (nSPS) is 11.5. The molecular weight excluding hydrogens is 304 g/mol. The van der Waals surface area contributed by atoms with Gasteiger partial charge in [-0.25, -0.2) is 8.42 Å². The van der Waals surface area contributed by atoms with Gasteiger partial charge in [0.05, 0.1) is 5.69 Å². The van der Waals surface area contributed by atoms with Gasteiger partial charge < -0.3 is 5.73 Å². The number of para-hydroxylation sites is 1. The lowest BCUT2D eigenvalue weighted by Crippen LogP contribution is -2.31. The van der Waals surface area contributed by atoms with Crippen LogP contribution in [0.5, 0.6) is 0 Å². The van der Waals surface area contributed by atoms with Gasteiger partial charge in [0.15, 0.2) is 0 Å². The largest absolute Gasteiger partial charge is 0.326 e. The Kier molecular flexibility index (Phi) is 5.39. The number of unbranched alkanes of at least 4 members (excludes halogenated alkanes) is 1. The summed E-state index contributed by atoms with van der Waals surface area (Å²) in [6, 6.07) is 10.9. The van der Waals surface area contributed by atoms with Gasteiger partial charge in [0, 0.05) is 13.1 Å². The molecule has 0 saturated heterocycles. The lowest BCUT2D eigenvalue weighted by Gasteiger charge is -2.23. The third-order valence-corrected chi connectivity index (χ3v) is 6.46. The fourth-order valence-electron chi connectivity index (χ4n) is 1.99. The average Bonchev–Trinajstić information content (AvgIpc) is 2.98. The van der Waals surface area contributed by atoms with Gasteiger partial charge in [0.2, 0.25) is 0 Å². The summed E-state index contributed by atoms with van der Waals surface area (Å²) in [6.07, 6.45) is 1.76. The van der Waals surface area contributed by atoms with Crippen LogP contribution in [0.1, 0.15) is 25.3 Å². The molecule has 0 bridgehead atoms. The molecule has 0 spiro atoms. The molecule has 0 aliphatic rings. The maximum atomic E-state index is 12.9. The molecule has 1 aromatic heterocycles. The van der Waals surface area contributed by atoms with Crippen LogP contribution in [0.2, 0.25) is 0 Å². The molecule has 0 aliphatic heterocycles. The number of nitrogens with zero attached hydrogens (tertiary/aromatic N) is 1. The molecule has 2 aromatic rings. The van der Waals surface area contributed by atoms with E-state index < -0.39 is 10.0 Å². The Bertz CT molecular complexity index is 666. The fraction of sp³-hybridized carbons (Fsp3) is 0.333. The first-order valence-electron chi connectivity index (χ1n) is 6.95. The Morgan fingerprint density at radius 2 is 1.95 bits per heavy atom. The summed E-state index contributed by atoms with van der Waals surface area (Å²) in [7, 11) is -3.52. The van der Waals surface area contributed by atoms with Gasteiger partial charge in [-0.05, 0) is 35.6 Å². The topological polar surface area (TPSA) is 63.4 Å². The molecule has 0 radical (unpaired) electrons. The van der Waals surface area contributed by atoms with Crippen molar-refractivity contribution < 1.29 is 8.42 Å². The van der Waals surface area contributed by atoms with Crippen LogP contribution in [0.15, 0.2) is 46.0 Å². The maximum absolute atomic E-state index is 12.9. The van der Waals surface area contributed by atoms with Gasteiger partial charge in [-0.15, -0.1) is 11.3 Å². The number of anilines is 1. The Labute approximate surface area is 130 Å². The molecule has 2 rings (SSSR count). The predicted octanol–water partition coefficient (Wildman–Crippen LogP) is 3.20. The minimum absolute atomic E-state index is 0.350. The van der Waals surface area contributed by atoms with Crippen molar-refractivity contribution in [3.63, 3.8) is 0 Å². The predicted molar refractivity (Wildman–Crippen MR) is 88.1 cm³/mol. The summed E-state index contributed by atoms with van der Waals surface area (Å²) >= 11 is 1.23. The van der Waals surface area contributed by atoms with Crippen LogP contribution in [0.3, 0.4) is 0 Å². The highest BCUT2D eigenvalue weighted by Gasteiger charge is 2.25. The molecule has 6 heteroatoms. The quantitative estimate of drug-likeness (QED) is 0.850. The molecular formula is C15H20N2O2S2. The molecule has 1 heterocycles. The second kappa shape index (κ2) is 7.06. The molecule has 21 heavy (non-hydrogen) atoms. The lowest BCUT2D eigenvalue weighted by molar-refractivity contribution is 0.590. The van der Waals surface area contributed by atoms with Crippen LogP contribution >= 0.6 is 11.3 Å². The van der Waals surface area contributed by atoms with Gasteiger partial charge in [0.25, 0.3) is 10.0 Å². The zero-order valence-corrected chi connectivity index (χ0v) is 13.7. The number of hydrogen-bond donors (Lipinski definition) is 1. The van der Waals surface area contributed by atoms with Crippen molar-refractivity contribution in [2.75, 3.05) is 10.8 Å². The fourth-order valence-corrected chi connectivity index (χ4v) is 4.83. The molecule has 0 saturated carbocycles. The molecule has 0 aliphatic carbocycles. The summed E-state index contributed by atoms with van der Waals surface area (Å²) in [5, 5.41) is 1.80. The van der Waals surface area contributed by atoms with E-state index in [0.29, 0.717) is 23.0 Å². The van der Waals surface area contributed by atoms with Crippen LogP contribution < -0.4 is 10.0 Å². The lowest BCUT2D eigenvalue weighted by atomic mass is 10.3. The molecule has 0 atom stereocenters. The van der Waals surface area contributed by atoms with Crippen molar-refractivity contribution in [3.05, 3.63) is 47.3 Å². The van der Waals surface area contributed by atoms with Crippen LogP contribution in [-0.2, 0) is 16.6 Å². The summed E-state index contributed by atoms with van der Waals surface area (Å²) in [5.41, 5.74) is 7.12. The van der Waals surface area contributed by atoms with Crippen LogP contribution in [-0.4, -0.2) is 15.0 Å². The standard InChI is InChI=1S/C15H20N2O2S2/c1-2-3-9-17(14-7-5-4-6-8-14)21(18,19)15-10-13(11-16)12-20-15/h4-8,10,12H,2-3,9,11,16H2,1H3. The summed E-state index contributed by atoms with van der Waals surface area (Å²) in [5.74, 6) is 0. The number of rotatable bonds is 7. The van der Waals surface area contributed by atoms with E-state index in [1.54, 1.807) is 11.4 Å². The van der Waals surface area contributed by atoms with E-state index in [9.17, 15) is 8.42 Å². The highest BCUT2D eigenvalue weighted by molar-refractivity contribution is 7.94. The SMILES string of the molecule is CCCCN(c1ccccc1)S(=O)(=O)c1cc(CN)cs1. The highest BCUT2D eigenvalue weighted by atomic mass is 32.2. The molecule has 1 aromatic carbocycles. The van der Waals surface area contributed by atoms with Crippen molar-refractivity contribution in [1.29, 1.82) is 0 Å². The van der Waals surface area contributed by atoms with Crippen LogP contribution in [0, 0.1) is 0 Å². The second-order valence-electron chi connectivity index (χ2n) is 4.74. The van der Waals surface area contributed by atoms with E-state index in [4.69, 9.17) is 5.73 Å². The van der Waals surface area contributed by atoms with Crippen molar-refractivity contribution in [3.8, 4) is 0 Å². The number of sulfonamides is 1. The van der Waals surface area contributed by atoms with Crippen molar-refractivity contribution in [2.45, 2.75) is 30.5 Å². The van der Waals surface area contributed by atoms with E-state index in [0.717, 1.165) is 18.4 Å². The Morgan fingerprint density at radius 3 is 2.52 bits per heavy atom. The minimum atomic E-state index is -3.52. The van der Waals surface area contributed by atoms with E-state index in [1.165, 1.54) is 15.6 Å². The maximum Gasteiger partial charge on any atom is 0.273 e. The van der Waals surface area contributed by atoms with Crippen molar-refractivity contribution >= 4 is 27.0 Å². The summed E-state index contributed by atoms with van der Waals surface area (Å²) in [6.45, 7) is 2.89. The molecule has 114 valence electrons. The summed E-state index contributed by atoms with van der Waals surface area (Å²) < 4.78 is 27.6. The van der Waals surface area contributed by atoms with Crippen LogP contribution in [0.25, 0.3) is 0 Å². The van der Waals surface area contributed by atoms with E-state index in [-0.39, 0.29) is 0 Å². The molecule has 0 fully saturated rings. The van der Waals surface area contributed by atoms with Crippen molar-refractivity contribution in [1.82, 2.24) is 0 Å². The van der Waals surface area contributed by atoms with Crippen LogP contribution in [0.4, 0.5) is 5.69 Å². The van der Waals surface area contributed by atoms with E-state index in [2.05, 4.69) is 0 Å². The first-order chi connectivity index (χ1) is 10.1. The number of thiophene rings is 1. The number of benzene rings is 1. The van der Waals surface area contributed by atoms with Crippen molar-refractivity contribution in [2.24, 2.45) is 5.73 Å². The van der Waals surface area contributed by atoms with Gasteiger partial charge in [0.1, 0.15) is 4.21 Å². The Balaban J connectivity index is 2.39. The zero-order valence-electron chi connectivity index (χ0n) is 12.0. The minimum Gasteiger partial charge on any atom is -0.326 e. The Hall–Kier alpha value is -1.37. The van der Waals surface area contributed by atoms with Gasteiger partial charge >= 0.3 is 0 Å². The van der Waals surface area contributed by atoms with Gasteiger partial charge in [-0.2, -0.15) is 0 Å². The second-order valence-corrected chi connectivity index (χ2v) is 7.74. The molecule has 0 unspecified atom stereocenters. The third-order valence-electron chi connectivity index (χ3n) is 3.17. The highest BCUT2D eigenvalue weighted by Crippen LogP contribution is 2.28. The Morgan fingerprint density at radius 1 is 1.24 bits per heavy atom. The molecule has 0 amide bonds. The molecule has 2 N–H and O–H groups in total. The average molecular weight is 324 g/mol. The van der Waals surface area contributed by atoms with E-state index >= 15 is 0 Å². The zero-order chi connectivity index (χ0) is 15.3. The first-order valence-corrected chi connectivity index (χ1v) is 9.27. The molecule has 4 nitrogen and oxygen atoms in total. The monoisotopic (exact) mass is 324 g/mol. The van der Waals surface area contributed by atoms with Gasteiger partial charge in [-0.1, -0.05) is 31.5 Å². The smallest absolute Gasteiger partial charge is 0.273 e. The first kappa shape index (κ1) is 16.0. The van der Waals surface area contributed by atoms with E-state index in [1.807, 2.05) is 37.3 Å². The number of hydrogen-bond acceptors (Lipinski definition) is 4. The number of nitrogens with two attached hydrogens (primary N) is 1. The summed E-state index contributed by atoms with van der Waals surface area (Å²) in [4.78, 5) is 0. The third kappa shape index (κ3) is 3.64.